The maximum atomic E-state index is 12.2. The maximum Gasteiger partial charge on any atom is 0.274 e. The summed E-state index contributed by atoms with van der Waals surface area (Å²) in [6, 6.07) is 7.09. The number of ether oxygens (including phenoxy) is 1. The van der Waals surface area contributed by atoms with Gasteiger partial charge in [0.05, 0.1) is 24.1 Å². The van der Waals surface area contributed by atoms with Crippen LogP contribution in [0.25, 0.3) is 10.8 Å². The van der Waals surface area contributed by atoms with Crippen LogP contribution in [-0.2, 0) is 23.0 Å². The minimum atomic E-state index is -0.320. The van der Waals surface area contributed by atoms with Crippen molar-refractivity contribution in [3.05, 3.63) is 40.3 Å². The van der Waals surface area contributed by atoms with Crippen LogP contribution in [-0.4, -0.2) is 40.6 Å². The number of thiocarbonyl (C=S) groups is 1. The maximum absolute atomic E-state index is 12.2. The molecule has 0 bridgehead atoms. The van der Waals surface area contributed by atoms with E-state index >= 15 is 0 Å². The summed E-state index contributed by atoms with van der Waals surface area (Å²) >= 11 is 5.09. The number of aromatic nitrogens is 2. The first-order valence-corrected chi connectivity index (χ1v) is 8.12. The number of hydrazine groups is 1. The van der Waals surface area contributed by atoms with Gasteiger partial charge in [-0.05, 0) is 25.2 Å². The average molecular weight is 363 g/mol. The first-order valence-electron chi connectivity index (χ1n) is 7.71. The zero-order valence-corrected chi connectivity index (χ0v) is 15.1. The van der Waals surface area contributed by atoms with Gasteiger partial charge in [0, 0.05) is 25.6 Å². The number of benzene rings is 1. The number of rotatable bonds is 5. The molecule has 9 heteroatoms. The molecule has 2 aromatic rings. The fourth-order valence-electron chi connectivity index (χ4n) is 2.38. The molecule has 0 unspecified atom stereocenters. The van der Waals surface area contributed by atoms with Crippen LogP contribution in [0.3, 0.4) is 0 Å². The summed E-state index contributed by atoms with van der Waals surface area (Å²) in [5.74, 6) is -0.320. The van der Waals surface area contributed by atoms with Crippen LogP contribution in [0.4, 0.5) is 0 Å². The van der Waals surface area contributed by atoms with Gasteiger partial charge in [-0.3, -0.25) is 20.4 Å². The van der Waals surface area contributed by atoms with Gasteiger partial charge in [-0.25, -0.2) is 4.68 Å². The van der Waals surface area contributed by atoms with Gasteiger partial charge >= 0.3 is 0 Å². The normalized spacial score (nSPS) is 11.8. The smallest absolute Gasteiger partial charge is 0.274 e. The molecular weight excluding hydrogens is 342 g/mol. The highest BCUT2D eigenvalue weighted by Crippen LogP contribution is 2.13. The molecule has 0 saturated carbocycles. The largest absolute Gasteiger partial charge is 0.383 e. The van der Waals surface area contributed by atoms with E-state index in [9.17, 15) is 9.59 Å². The van der Waals surface area contributed by atoms with Crippen molar-refractivity contribution in [3.8, 4) is 0 Å². The number of aryl methyl sites for hydroxylation is 1. The second-order valence-electron chi connectivity index (χ2n) is 5.60. The third-order valence-corrected chi connectivity index (χ3v) is 3.69. The number of hydrogen-bond donors (Lipinski definition) is 3. The summed E-state index contributed by atoms with van der Waals surface area (Å²) in [5.41, 5.74) is 5.47. The molecule has 0 aliphatic carbocycles. The number of nitrogens with zero attached hydrogens (tertiary/aromatic N) is 2. The van der Waals surface area contributed by atoms with Crippen molar-refractivity contribution in [2.24, 2.45) is 7.05 Å². The van der Waals surface area contributed by atoms with E-state index in [4.69, 9.17) is 17.0 Å². The van der Waals surface area contributed by atoms with E-state index in [2.05, 4.69) is 21.3 Å². The predicted molar refractivity (Wildman–Crippen MR) is 99.0 cm³/mol. The van der Waals surface area contributed by atoms with E-state index in [1.54, 1.807) is 38.4 Å². The van der Waals surface area contributed by atoms with Crippen molar-refractivity contribution in [1.82, 2.24) is 25.9 Å². The van der Waals surface area contributed by atoms with Crippen LogP contribution < -0.4 is 21.7 Å². The second-order valence-corrected chi connectivity index (χ2v) is 6.01. The van der Waals surface area contributed by atoms with Gasteiger partial charge in [0.2, 0.25) is 5.91 Å². The number of carbonyl (C=O) groups excluding carboxylic acids is 1. The highest BCUT2D eigenvalue weighted by atomic mass is 32.1. The van der Waals surface area contributed by atoms with Crippen molar-refractivity contribution in [2.75, 3.05) is 13.7 Å². The summed E-state index contributed by atoms with van der Waals surface area (Å²) in [5, 5.41) is 8.64. The Kier molecular flexibility index (Phi) is 6.43. The van der Waals surface area contributed by atoms with E-state index < -0.39 is 0 Å². The lowest BCUT2D eigenvalue weighted by Gasteiger charge is -2.16. The third kappa shape index (κ3) is 4.97. The Bertz CT molecular complexity index is 836. The molecule has 25 heavy (non-hydrogen) atoms. The van der Waals surface area contributed by atoms with Crippen LogP contribution in [0.2, 0.25) is 0 Å². The lowest BCUT2D eigenvalue weighted by atomic mass is 10.1. The zero-order chi connectivity index (χ0) is 18.4. The molecule has 1 aromatic carbocycles. The van der Waals surface area contributed by atoms with Gasteiger partial charge in [0.25, 0.3) is 5.56 Å². The van der Waals surface area contributed by atoms with Crippen LogP contribution in [0.5, 0.6) is 0 Å². The van der Waals surface area contributed by atoms with Gasteiger partial charge < -0.3 is 10.1 Å². The summed E-state index contributed by atoms with van der Waals surface area (Å²) in [7, 11) is 3.16. The van der Waals surface area contributed by atoms with Crippen LogP contribution in [0.1, 0.15) is 12.6 Å². The number of methoxy groups -OCH3 is 1. The van der Waals surface area contributed by atoms with E-state index in [0.29, 0.717) is 23.1 Å². The van der Waals surface area contributed by atoms with Gasteiger partial charge in [0.1, 0.15) is 0 Å². The Balaban J connectivity index is 2.02. The molecule has 1 heterocycles. The van der Waals surface area contributed by atoms with Gasteiger partial charge in [-0.15, -0.1) is 0 Å². The lowest BCUT2D eigenvalue weighted by Crippen LogP contribution is -2.50. The first-order chi connectivity index (χ1) is 11.9. The summed E-state index contributed by atoms with van der Waals surface area (Å²) in [6.07, 6.45) is 0.0118. The van der Waals surface area contributed by atoms with Crippen LogP contribution >= 0.6 is 12.2 Å². The minimum Gasteiger partial charge on any atom is -0.383 e. The first kappa shape index (κ1) is 18.8. The summed E-state index contributed by atoms with van der Waals surface area (Å²) < 4.78 is 6.23. The average Bonchev–Trinajstić information content (AvgIpc) is 2.58. The molecule has 0 aliphatic rings. The van der Waals surface area contributed by atoms with Gasteiger partial charge in [-0.1, -0.05) is 18.2 Å². The van der Waals surface area contributed by atoms with Crippen LogP contribution in [0, 0.1) is 0 Å². The molecular formula is C16H21N5O3S. The summed E-state index contributed by atoms with van der Waals surface area (Å²) in [6.45, 7) is 2.39. The van der Waals surface area contributed by atoms with E-state index in [1.807, 2.05) is 6.92 Å². The molecule has 1 aromatic heterocycles. The van der Waals surface area contributed by atoms with Crippen molar-refractivity contribution in [2.45, 2.75) is 19.4 Å². The number of amides is 1. The third-order valence-electron chi connectivity index (χ3n) is 3.47. The summed E-state index contributed by atoms with van der Waals surface area (Å²) in [4.78, 5) is 24.2. The molecule has 2 rings (SSSR count). The van der Waals surface area contributed by atoms with Gasteiger partial charge in [-0.2, -0.15) is 5.10 Å². The quantitative estimate of drug-likeness (QED) is 0.508. The van der Waals surface area contributed by atoms with Crippen molar-refractivity contribution in [3.63, 3.8) is 0 Å². The van der Waals surface area contributed by atoms with Gasteiger partial charge in [0.15, 0.2) is 5.11 Å². The van der Waals surface area contributed by atoms with Crippen molar-refractivity contribution >= 4 is 34.0 Å². The van der Waals surface area contributed by atoms with E-state index in [0.717, 1.165) is 0 Å². The number of carbonyl (C=O) groups is 1. The SMILES string of the molecule is COC[C@@H](C)NC(=S)NNC(=O)Cc1nn(C)c(=O)c2ccccc12. The molecule has 1 amide bonds. The van der Waals surface area contributed by atoms with E-state index in [-0.39, 0.29) is 29.0 Å². The number of nitrogens with one attached hydrogen (secondary N) is 3. The molecule has 0 aliphatic heterocycles. The molecule has 0 saturated heterocycles. The van der Waals surface area contributed by atoms with Crippen LogP contribution in [0.15, 0.2) is 29.1 Å². The van der Waals surface area contributed by atoms with E-state index in [1.165, 1.54) is 4.68 Å². The Morgan fingerprint density at radius 3 is 2.68 bits per heavy atom. The topological polar surface area (TPSA) is 97.3 Å². The lowest BCUT2D eigenvalue weighted by molar-refractivity contribution is -0.121. The fraction of sp³-hybridized carbons (Fsp3) is 0.375. The molecule has 0 radical (unpaired) electrons. The highest BCUT2D eigenvalue weighted by Gasteiger charge is 2.12. The Morgan fingerprint density at radius 2 is 2.00 bits per heavy atom. The molecule has 8 nitrogen and oxygen atoms in total. The highest BCUT2D eigenvalue weighted by molar-refractivity contribution is 7.80. The second kappa shape index (κ2) is 8.54. The zero-order valence-electron chi connectivity index (χ0n) is 14.3. The number of hydrogen-bond acceptors (Lipinski definition) is 5. The predicted octanol–water partition coefficient (Wildman–Crippen LogP) is 0.00620. The monoisotopic (exact) mass is 363 g/mol. The standard InChI is InChI=1S/C16H21N5O3S/c1-10(9-24-3)17-16(25)19-18-14(22)8-13-11-6-4-5-7-12(11)15(23)21(2)20-13/h4-7,10H,8-9H2,1-3H3,(H,18,22)(H2,17,19,25)/t10-/m1/s1. The Hall–Kier alpha value is -2.52. The fourth-order valence-corrected chi connectivity index (χ4v) is 2.63. The molecule has 0 spiro atoms. The molecule has 0 fully saturated rings. The molecule has 3 N–H and O–H groups in total. The molecule has 1 atom stereocenters. The van der Waals surface area contributed by atoms with Crippen molar-refractivity contribution < 1.29 is 9.53 Å². The van der Waals surface area contributed by atoms with Crippen molar-refractivity contribution in [1.29, 1.82) is 0 Å². The molecule has 134 valence electrons. The number of fused-ring (bicyclic) bond motifs is 1. The minimum absolute atomic E-state index is 0.0103. The Labute approximate surface area is 150 Å². The Morgan fingerprint density at radius 1 is 1.32 bits per heavy atom.